The van der Waals surface area contributed by atoms with E-state index in [4.69, 9.17) is 4.74 Å². The Balaban J connectivity index is 1.85. The van der Waals surface area contributed by atoms with Crippen LogP contribution >= 0.6 is 0 Å². The van der Waals surface area contributed by atoms with Crippen molar-refractivity contribution in [2.75, 3.05) is 24.2 Å². The topological polar surface area (TPSA) is 96.0 Å². The molecule has 2 amide bonds. The van der Waals surface area contributed by atoms with E-state index in [-0.39, 0.29) is 43.8 Å². The van der Waals surface area contributed by atoms with Gasteiger partial charge in [0.2, 0.25) is 21.8 Å². The SMILES string of the molecule is CC[C@@H](C)NC(=O)[C@@H](Cc1ccccc1)N(Cc1ccccc1)C(=O)CCCN(c1ccc(OC)cc1)S(C)(=O)=O. The predicted octanol–water partition coefficient (Wildman–Crippen LogP) is 4.80. The van der Waals surface area contributed by atoms with E-state index < -0.39 is 16.1 Å². The Morgan fingerprint density at radius 2 is 1.49 bits per heavy atom. The maximum Gasteiger partial charge on any atom is 0.243 e. The number of hydrogen-bond donors (Lipinski definition) is 1. The summed E-state index contributed by atoms with van der Waals surface area (Å²) in [4.78, 5) is 29.1. The number of nitrogens with one attached hydrogen (secondary N) is 1. The van der Waals surface area contributed by atoms with E-state index in [1.165, 1.54) is 4.31 Å². The zero-order valence-electron chi connectivity index (χ0n) is 24.3. The van der Waals surface area contributed by atoms with Gasteiger partial charge in [-0.25, -0.2) is 8.42 Å². The van der Waals surface area contributed by atoms with Crippen molar-refractivity contribution in [1.82, 2.24) is 10.2 Å². The van der Waals surface area contributed by atoms with Crippen LogP contribution in [0.1, 0.15) is 44.2 Å². The molecule has 0 radical (unpaired) electrons. The molecule has 0 unspecified atom stereocenters. The highest BCUT2D eigenvalue weighted by atomic mass is 32.2. The fourth-order valence-electron chi connectivity index (χ4n) is 4.53. The minimum absolute atomic E-state index is 0.0396. The highest BCUT2D eigenvalue weighted by Crippen LogP contribution is 2.23. The average molecular weight is 580 g/mol. The van der Waals surface area contributed by atoms with Gasteiger partial charge in [0, 0.05) is 32.0 Å². The molecule has 0 aromatic heterocycles. The molecule has 3 aromatic carbocycles. The van der Waals surface area contributed by atoms with E-state index >= 15 is 0 Å². The summed E-state index contributed by atoms with van der Waals surface area (Å²) < 4.78 is 31.7. The van der Waals surface area contributed by atoms with Gasteiger partial charge in [-0.2, -0.15) is 0 Å². The van der Waals surface area contributed by atoms with Crippen LogP contribution in [-0.4, -0.2) is 57.1 Å². The van der Waals surface area contributed by atoms with Crippen molar-refractivity contribution in [3.63, 3.8) is 0 Å². The highest BCUT2D eigenvalue weighted by molar-refractivity contribution is 7.92. The summed E-state index contributed by atoms with van der Waals surface area (Å²) in [7, 11) is -2.04. The molecule has 0 saturated heterocycles. The number of carbonyl (C=O) groups excluding carboxylic acids is 2. The second-order valence-corrected chi connectivity index (χ2v) is 12.1. The number of nitrogens with zero attached hydrogens (tertiary/aromatic N) is 2. The van der Waals surface area contributed by atoms with Crippen molar-refractivity contribution in [1.29, 1.82) is 0 Å². The van der Waals surface area contributed by atoms with Gasteiger partial charge in [0.1, 0.15) is 11.8 Å². The highest BCUT2D eigenvalue weighted by Gasteiger charge is 2.31. The minimum Gasteiger partial charge on any atom is -0.497 e. The summed E-state index contributed by atoms with van der Waals surface area (Å²) >= 11 is 0. The van der Waals surface area contributed by atoms with Crippen LogP contribution in [0.15, 0.2) is 84.9 Å². The van der Waals surface area contributed by atoms with Crippen LogP contribution in [0, 0.1) is 0 Å². The van der Waals surface area contributed by atoms with Gasteiger partial charge >= 0.3 is 0 Å². The van der Waals surface area contributed by atoms with Gasteiger partial charge in [0.15, 0.2) is 0 Å². The Hall–Kier alpha value is -3.85. The third kappa shape index (κ3) is 9.63. The van der Waals surface area contributed by atoms with Gasteiger partial charge in [0.25, 0.3) is 0 Å². The van der Waals surface area contributed by atoms with Crippen LogP contribution in [-0.2, 0) is 32.6 Å². The number of amides is 2. The average Bonchev–Trinajstić information content (AvgIpc) is 2.97. The Labute approximate surface area is 244 Å². The third-order valence-electron chi connectivity index (χ3n) is 6.98. The number of anilines is 1. The molecule has 8 nitrogen and oxygen atoms in total. The van der Waals surface area contributed by atoms with Crippen LogP contribution in [0.3, 0.4) is 0 Å². The molecule has 41 heavy (non-hydrogen) atoms. The summed E-state index contributed by atoms with van der Waals surface area (Å²) in [5.74, 6) is 0.204. The first kappa shape index (κ1) is 31.7. The van der Waals surface area contributed by atoms with Crippen molar-refractivity contribution < 1.29 is 22.7 Å². The summed E-state index contributed by atoms with van der Waals surface area (Å²) in [5, 5.41) is 3.07. The number of sulfonamides is 1. The van der Waals surface area contributed by atoms with Gasteiger partial charge in [-0.05, 0) is 55.2 Å². The first-order valence-electron chi connectivity index (χ1n) is 13.9. The van der Waals surface area contributed by atoms with E-state index in [0.29, 0.717) is 17.9 Å². The van der Waals surface area contributed by atoms with Crippen molar-refractivity contribution >= 4 is 27.5 Å². The quantitative estimate of drug-likeness (QED) is 0.279. The molecule has 0 aliphatic heterocycles. The Kier molecular flexibility index (Phi) is 11.8. The monoisotopic (exact) mass is 579 g/mol. The smallest absolute Gasteiger partial charge is 0.243 e. The number of benzene rings is 3. The Morgan fingerprint density at radius 3 is 2.02 bits per heavy atom. The lowest BCUT2D eigenvalue weighted by molar-refractivity contribution is -0.141. The fraction of sp³-hybridized carbons (Fsp3) is 0.375. The molecule has 9 heteroatoms. The number of ether oxygens (including phenoxy) is 1. The van der Waals surface area contributed by atoms with Crippen molar-refractivity contribution in [2.24, 2.45) is 0 Å². The predicted molar refractivity (Wildman–Crippen MR) is 163 cm³/mol. The molecule has 2 atom stereocenters. The molecule has 0 saturated carbocycles. The zero-order valence-corrected chi connectivity index (χ0v) is 25.1. The lowest BCUT2D eigenvalue weighted by Gasteiger charge is -2.32. The van der Waals surface area contributed by atoms with E-state index in [1.54, 1.807) is 36.3 Å². The first-order chi connectivity index (χ1) is 19.6. The second-order valence-electron chi connectivity index (χ2n) is 10.2. The first-order valence-corrected chi connectivity index (χ1v) is 15.8. The molecule has 0 bridgehead atoms. The maximum absolute atomic E-state index is 13.9. The number of hydrogen-bond acceptors (Lipinski definition) is 5. The summed E-state index contributed by atoms with van der Waals surface area (Å²) in [6.45, 7) is 4.33. The lowest BCUT2D eigenvalue weighted by Crippen LogP contribution is -2.52. The molecule has 0 aliphatic carbocycles. The molecule has 0 fully saturated rings. The van der Waals surface area contributed by atoms with E-state index in [2.05, 4.69) is 5.32 Å². The minimum atomic E-state index is -3.59. The Morgan fingerprint density at radius 1 is 0.902 bits per heavy atom. The van der Waals surface area contributed by atoms with Crippen LogP contribution in [0.25, 0.3) is 0 Å². The summed E-state index contributed by atoms with van der Waals surface area (Å²) in [6.07, 6.45) is 2.65. The normalized spacial score (nSPS) is 12.7. The largest absolute Gasteiger partial charge is 0.497 e. The van der Waals surface area contributed by atoms with Gasteiger partial charge in [-0.15, -0.1) is 0 Å². The van der Waals surface area contributed by atoms with Gasteiger partial charge in [-0.3, -0.25) is 13.9 Å². The molecule has 0 spiro atoms. The van der Waals surface area contributed by atoms with E-state index in [1.807, 2.05) is 74.5 Å². The number of methoxy groups -OCH3 is 1. The van der Waals surface area contributed by atoms with Crippen molar-refractivity contribution in [3.8, 4) is 5.75 Å². The van der Waals surface area contributed by atoms with Crippen molar-refractivity contribution in [3.05, 3.63) is 96.1 Å². The fourth-order valence-corrected chi connectivity index (χ4v) is 5.49. The van der Waals surface area contributed by atoms with Gasteiger partial charge in [-0.1, -0.05) is 67.6 Å². The van der Waals surface area contributed by atoms with Gasteiger partial charge < -0.3 is 15.0 Å². The second kappa shape index (κ2) is 15.2. The molecule has 1 N–H and O–H groups in total. The van der Waals surface area contributed by atoms with Crippen LogP contribution in [0.5, 0.6) is 5.75 Å². The number of rotatable bonds is 15. The Bertz CT molecular complexity index is 1350. The van der Waals surface area contributed by atoms with Crippen LogP contribution in [0.4, 0.5) is 5.69 Å². The van der Waals surface area contributed by atoms with E-state index in [9.17, 15) is 18.0 Å². The third-order valence-corrected chi connectivity index (χ3v) is 8.17. The molecular weight excluding hydrogens is 538 g/mol. The van der Waals surface area contributed by atoms with E-state index in [0.717, 1.165) is 23.8 Å². The molecule has 3 aromatic rings. The zero-order chi connectivity index (χ0) is 29.8. The summed E-state index contributed by atoms with van der Waals surface area (Å²) in [6, 6.07) is 25.2. The van der Waals surface area contributed by atoms with Crippen molar-refractivity contribution in [2.45, 2.75) is 58.2 Å². The van der Waals surface area contributed by atoms with Crippen LogP contribution in [0.2, 0.25) is 0 Å². The summed E-state index contributed by atoms with van der Waals surface area (Å²) in [5.41, 5.74) is 2.36. The number of carbonyl (C=O) groups is 2. The molecule has 0 aliphatic rings. The molecular formula is C32H41N3O5S. The molecule has 0 heterocycles. The lowest BCUT2D eigenvalue weighted by atomic mass is 10.0. The molecule has 3 rings (SSSR count). The van der Waals surface area contributed by atoms with Crippen LogP contribution < -0.4 is 14.4 Å². The molecule has 220 valence electrons. The maximum atomic E-state index is 13.9. The van der Waals surface area contributed by atoms with Gasteiger partial charge in [0.05, 0.1) is 19.1 Å². The standard InChI is InChI=1S/C32H41N3O5S/c1-5-25(2)33-32(37)30(23-26-13-8-6-9-14-26)34(24-27-15-10-7-11-16-27)31(36)17-12-22-35(41(4,38)39)28-18-20-29(40-3)21-19-28/h6-11,13-16,18-21,25,30H,5,12,17,22-24H2,1-4H3,(H,33,37)/t25-,30-/m1/s1.